The first kappa shape index (κ1) is 17.2. The molecule has 0 atom stereocenters. The first-order valence-electron chi connectivity index (χ1n) is 6.79. The highest BCUT2D eigenvalue weighted by atomic mass is 79.9. The van der Waals surface area contributed by atoms with Gasteiger partial charge in [-0.2, -0.15) is 13.5 Å². The Morgan fingerprint density at radius 2 is 2.05 bits per heavy atom. The minimum absolute atomic E-state index is 0.0174. The van der Waals surface area contributed by atoms with E-state index in [0.717, 1.165) is 32.2 Å². The topological polar surface area (TPSA) is 108 Å². The van der Waals surface area contributed by atoms with E-state index in [0.29, 0.717) is 18.8 Å². The average molecular weight is 397 g/mol. The molecule has 22 heavy (non-hydrogen) atoms. The maximum atomic E-state index is 11.3. The van der Waals surface area contributed by atoms with Crippen LogP contribution >= 0.6 is 15.9 Å². The van der Waals surface area contributed by atoms with Crippen LogP contribution in [0.4, 0.5) is 11.5 Å². The van der Waals surface area contributed by atoms with Gasteiger partial charge in [0.2, 0.25) is 10.4 Å². The molecule has 1 saturated heterocycles. The van der Waals surface area contributed by atoms with E-state index in [9.17, 15) is 18.5 Å². The van der Waals surface area contributed by atoms with E-state index in [2.05, 4.69) is 25.2 Å². The minimum Gasteiger partial charge on any atom is -0.351 e. The normalized spacial score (nSPS) is 15.5. The molecule has 0 spiro atoms. The Labute approximate surface area is 136 Å². The van der Waals surface area contributed by atoms with Crippen molar-refractivity contribution in [2.45, 2.75) is 25.8 Å². The Morgan fingerprint density at radius 3 is 2.59 bits per heavy atom. The third kappa shape index (κ3) is 4.17. The van der Waals surface area contributed by atoms with Gasteiger partial charge in [0.15, 0.2) is 0 Å². The molecule has 0 bridgehead atoms. The van der Waals surface area contributed by atoms with Gasteiger partial charge in [-0.3, -0.25) is 14.3 Å². The van der Waals surface area contributed by atoms with E-state index in [1.807, 2.05) is 4.90 Å². The monoisotopic (exact) mass is 396 g/mol. The third-order valence-corrected chi connectivity index (χ3v) is 4.39. The summed E-state index contributed by atoms with van der Waals surface area (Å²) in [5.74, 6) is 0.466. The molecule has 1 aliphatic heterocycles. The van der Waals surface area contributed by atoms with Crippen LogP contribution in [0.15, 0.2) is 4.60 Å². The summed E-state index contributed by atoms with van der Waals surface area (Å²) in [6.07, 6.45) is 3.34. The number of rotatable bonds is 7. The molecule has 0 aromatic carbocycles. The lowest BCUT2D eigenvalue weighted by Crippen LogP contribution is -2.23. The standard InChI is InChI=1S/C11H17BrN4O5S/c1-22(19,20)21-8-4-7-15-11(14-5-2-3-6-14)9(16(17)18)10(12)13-15/h2-8H2,1H3. The van der Waals surface area contributed by atoms with E-state index < -0.39 is 15.0 Å². The van der Waals surface area contributed by atoms with Crippen molar-refractivity contribution in [2.75, 3.05) is 30.9 Å². The van der Waals surface area contributed by atoms with Crippen molar-refractivity contribution < 1.29 is 17.5 Å². The molecule has 0 aliphatic carbocycles. The Balaban J connectivity index is 2.16. The second-order valence-corrected chi connectivity index (χ2v) is 7.41. The number of halogens is 1. The van der Waals surface area contributed by atoms with E-state index in [4.69, 9.17) is 0 Å². The van der Waals surface area contributed by atoms with Gasteiger partial charge in [0.05, 0.1) is 17.8 Å². The summed E-state index contributed by atoms with van der Waals surface area (Å²) in [5, 5.41) is 15.4. The van der Waals surface area contributed by atoms with Gasteiger partial charge in [-0.15, -0.1) is 0 Å². The van der Waals surface area contributed by atoms with Crippen LogP contribution < -0.4 is 4.90 Å². The zero-order valence-electron chi connectivity index (χ0n) is 12.1. The highest BCUT2D eigenvalue weighted by molar-refractivity contribution is 9.10. The molecular weight excluding hydrogens is 380 g/mol. The number of hydrogen-bond donors (Lipinski definition) is 0. The highest BCUT2D eigenvalue weighted by Crippen LogP contribution is 2.37. The second kappa shape index (κ2) is 6.92. The van der Waals surface area contributed by atoms with Crippen molar-refractivity contribution in [1.82, 2.24) is 9.78 Å². The molecule has 9 nitrogen and oxygen atoms in total. The highest BCUT2D eigenvalue weighted by Gasteiger charge is 2.31. The largest absolute Gasteiger partial charge is 0.351 e. The Hall–Kier alpha value is -1.20. The van der Waals surface area contributed by atoms with Crippen molar-refractivity contribution in [3.05, 3.63) is 14.7 Å². The first-order valence-corrected chi connectivity index (χ1v) is 9.40. The Kier molecular flexibility index (Phi) is 5.40. The minimum atomic E-state index is -3.48. The predicted molar refractivity (Wildman–Crippen MR) is 83.4 cm³/mol. The molecule has 0 radical (unpaired) electrons. The molecule has 1 fully saturated rings. The first-order chi connectivity index (χ1) is 10.3. The Bertz CT molecular complexity index is 654. The quantitative estimate of drug-likeness (QED) is 0.297. The molecule has 124 valence electrons. The van der Waals surface area contributed by atoms with Crippen LogP contribution in [-0.4, -0.2) is 49.1 Å². The smallest absolute Gasteiger partial charge is 0.345 e. The molecule has 0 unspecified atom stereocenters. The molecule has 11 heteroatoms. The maximum Gasteiger partial charge on any atom is 0.345 e. The fourth-order valence-corrected chi connectivity index (χ4v) is 3.33. The van der Waals surface area contributed by atoms with Crippen molar-refractivity contribution in [3.63, 3.8) is 0 Å². The summed E-state index contributed by atoms with van der Waals surface area (Å²) >= 11 is 3.13. The SMILES string of the molecule is CS(=O)(=O)OCCCn1nc(Br)c([N+](=O)[O-])c1N1CCCC1. The van der Waals surface area contributed by atoms with Gasteiger partial charge < -0.3 is 4.90 Å². The maximum absolute atomic E-state index is 11.3. The molecule has 0 N–H and O–H groups in total. The van der Waals surface area contributed by atoms with Gasteiger partial charge in [0.25, 0.3) is 10.1 Å². The van der Waals surface area contributed by atoms with Crippen LogP contribution in [0.1, 0.15) is 19.3 Å². The van der Waals surface area contributed by atoms with Crippen molar-refractivity contribution in [2.24, 2.45) is 0 Å². The van der Waals surface area contributed by atoms with Crippen molar-refractivity contribution in [3.8, 4) is 0 Å². The number of aromatic nitrogens is 2. The average Bonchev–Trinajstić information content (AvgIpc) is 3.00. The Morgan fingerprint density at radius 1 is 1.41 bits per heavy atom. The van der Waals surface area contributed by atoms with Crippen LogP contribution in [0.2, 0.25) is 0 Å². The molecule has 1 aromatic rings. The lowest BCUT2D eigenvalue weighted by atomic mass is 10.4. The van der Waals surface area contributed by atoms with Gasteiger partial charge in [0.1, 0.15) is 0 Å². The van der Waals surface area contributed by atoms with Crippen LogP contribution in [0.25, 0.3) is 0 Å². The lowest BCUT2D eigenvalue weighted by Gasteiger charge is -2.17. The summed E-state index contributed by atoms with van der Waals surface area (Å²) in [7, 11) is -3.48. The van der Waals surface area contributed by atoms with Crippen LogP contribution in [-0.2, 0) is 20.8 Å². The van der Waals surface area contributed by atoms with Crippen molar-refractivity contribution >= 4 is 37.6 Å². The number of hydrogen-bond acceptors (Lipinski definition) is 7. The number of anilines is 1. The van der Waals surface area contributed by atoms with Gasteiger partial charge in [-0.05, 0) is 35.2 Å². The molecular formula is C11H17BrN4O5S. The summed E-state index contributed by atoms with van der Waals surface area (Å²) in [5.41, 5.74) is -0.0501. The van der Waals surface area contributed by atoms with E-state index >= 15 is 0 Å². The zero-order valence-corrected chi connectivity index (χ0v) is 14.5. The number of nitrogens with zero attached hydrogens (tertiary/aromatic N) is 4. The molecule has 0 saturated carbocycles. The van der Waals surface area contributed by atoms with Crippen LogP contribution in [0, 0.1) is 10.1 Å². The van der Waals surface area contributed by atoms with Crippen LogP contribution in [0.5, 0.6) is 0 Å². The summed E-state index contributed by atoms with van der Waals surface area (Å²) < 4.78 is 28.2. The summed E-state index contributed by atoms with van der Waals surface area (Å²) in [6.45, 7) is 1.86. The lowest BCUT2D eigenvalue weighted by molar-refractivity contribution is -0.385. The fraction of sp³-hybridized carbons (Fsp3) is 0.727. The third-order valence-electron chi connectivity index (χ3n) is 3.26. The molecule has 1 aliphatic rings. The van der Waals surface area contributed by atoms with Gasteiger partial charge >= 0.3 is 5.69 Å². The molecule has 0 amide bonds. The number of aryl methyl sites for hydroxylation is 1. The zero-order chi connectivity index (χ0) is 16.3. The summed E-state index contributed by atoms with van der Waals surface area (Å²) in [6, 6.07) is 0. The fourth-order valence-electron chi connectivity index (χ4n) is 2.39. The van der Waals surface area contributed by atoms with E-state index in [-0.39, 0.29) is 16.9 Å². The van der Waals surface area contributed by atoms with E-state index in [1.165, 1.54) is 0 Å². The molecule has 2 heterocycles. The second-order valence-electron chi connectivity index (χ2n) is 5.02. The predicted octanol–water partition coefficient (Wildman–Crippen LogP) is 1.52. The molecule has 1 aromatic heterocycles. The van der Waals surface area contributed by atoms with Gasteiger partial charge in [-0.1, -0.05) is 0 Å². The summed E-state index contributed by atoms with van der Waals surface area (Å²) in [4.78, 5) is 12.8. The van der Waals surface area contributed by atoms with E-state index in [1.54, 1.807) is 4.68 Å². The van der Waals surface area contributed by atoms with Crippen molar-refractivity contribution in [1.29, 1.82) is 0 Å². The number of nitro groups is 1. The van der Waals surface area contributed by atoms with Gasteiger partial charge in [0, 0.05) is 19.6 Å². The van der Waals surface area contributed by atoms with Crippen LogP contribution in [0.3, 0.4) is 0 Å². The van der Waals surface area contributed by atoms with Gasteiger partial charge in [-0.25, -0.2) is 4.68 Å². The molecule has 2 rings (SSSR count).